The fourth-order valence-electron chi connectivity index (χ4n) is 2.66. The second kappa shape index (κ2) is 9.69. The number of carbonyl (C=O) groups excluding carboxylic acids is 2. The molecule has 0 fully saturated rings. The van der Waals surface area contributed by atoms with Gasteiger partial charge in [-0.25, -0.2) is 0 Å². The fraction of sp³-hybridized carbons (Fsp3) is 0.600. The first-order valence-electron chi connectivity index (χ1n) is 9.56. The molecule has 0 heterocycles. The van der Waals surface area contributed by atoms with E-state index in [1.54, 1.807) is 6.07 Å². The van der Waals surface area contributed by atoms with E-state index in [9.17, 15) is 9.59 Å². The summed E-state index contributed by atoms with van der Waals surface area (Å²) in [5.41, 5.74) is 1.41. The Morgan fingerprint density at radius 1 is 0.769 bits per heavy atom. The lowest BCUT2D eigenvalue weighted by Crippen LogP contribution is -2.48. The van der Waals surface area contributed by atoms with Gasteiger partial charge in [0, 0.05) is 11.4 Å². The molecule has 0 spiro atoms. The van der Waals surface area contributed by atoms with Crippen molar-refractivity contribution in [1.29, 1.82) is 0 Å². The first-order chi connectivity index (χ1) is 12.2. The highest BCUT2D eigenvalue weighted by Gasteiger charge is 2.22. The maximum Gasteiger partial charge on any atom is 0.279 e. The Hall–Kier alpha value is -1.92. The van der Waals surface area contributed by atoms with Crippen LogP contribution in [0.3, 0.4) is 0 Å². The van der Waals surface area contributed by atoms with Crippen molar-refractivity contribution in [3.05, 3.63) is 24.3 Å². The van der Waals surface area contributed by atoms with Crippen LogP contribution in [0.1, 0.15) is 27.7 Å². The quantitative estimate of drug-likeness (QED) is 0.627. The van der Waals surface area contributed by atoms with Gasteiger partial charge in [0.25, 0.3) is 11.8 Å². The molecule has 0 aliphatic carbocycles. The highest BCUT2D eigenvalue weighted by Crippen LogP contribution is 2.16. The van der Waals surface area contributed by atoms with Gasteiger partial charge in [-0.05, 0) is 45.9 Å². The van der Waals surface area contributed by atoms with Crippen molar-refractivity contribution >= 4 is 23.2 Å². The van der Waals surface area contributed by atoms with Crippen LogP contribution in [0.4, 0.5) is 11.4 Å². The van der Waals surface area contributed by atoms with Gasteiger partial charge in [0.1, 0.15) is 0 Å². The summed E-state index contributed by atoms with van der Waals surface area (Å²) in [5.74, 6) is -0.0261. The Kier molecular flexibility index (Phi) is 8.24. The molecule has 0 aromatic heterocycles. The Balaban J connectivity index is 2.71. The molecular formula is C20H36N4O2+2. The maximum atomic E-state index is 12.3. The number of benzene rings is 1. The second-order valence-corrected chi connectivity index (χ2v) is 7.50. The SMILES string of the molecule is CC[N+](C)(CC)CC(=O)Nc1cccc(NC(=O)C[N+](C)(CC)CC)c1. The van der Waals surface area contributed by atoms with Crippen LogP contribution in [0, 0.1) is 0 Å². The summed E-state index contributed by atoms with van der Waals surface area (Å²) in [7, 11) is 4.15. The highest BCUT2D eigenvalue weighted by molar-refractivity contribution is 5.94. The number of carbonyl (C=O) groups is 2. The Bertz CT molecular complexity index is 558. The summed E-state index contributed by atoms with van der Waals surface area (Å²) >= 11 is 0. The first-order valence-corrected chi connectivity index (χ1v) is 9.56. The van der Waals surface area contributed by atoms with Gasteiger partial charge in [-0.15, -0.1) is 0 Å². The molecule has 26 heavy (non-hydrogen) atoms. The predicted octanol–water partition coefficient (Wildman–Crippen LogP) is 2.54. The minimum atomic E-state index is -0.0131. The Labute approximate surface area is 158 Å². The van der Waals surface area contributed by atoms with Crippen molar-refractivity contribution < 1.29 is 18.6 Å². The molecule has 0 saturated heterocycles. The summed E-state index contributed by atoms with van der Waals surface area (Å²) in [5, 5.41) is 5.88. The number of quaternary nitrogens is 2. The highest BCUT2D eigenvalue weighted by atomic mass is 16.2. The number of rotatable bonds is 10. The minimum Gasteiger partial charge on any atom is -0.321 e. The van der Waals surface area contributed by atoms with E-state index in [0.717, 1.165) is 26.2 Å². The summed E-state index contributed by atoms with van der Waals surface area (Å²) in [6.07, 6.45) is 0. The normalized spacial score (nSPS) is 11.9. The van der Waals surface area contributed by atoms with E-state index < -0.39 is 0 Å². The fourth-order valence-corrected chi connectivity index (χ4v) is 2.66. The summed E-state index contributed by atoms with van der Waals surface area (Å²) < 4.78 is 1.40. The van der Waals surface area contributed by atoms with Gasteiger partial charge in [-0.1, -0.05) is 6.07 Å². The van der Waals surface area contributed by atoms with Gasteiger partial charge >= 0.3 is 0 Å². The summed E-state index contributed by atoms with van der Waals surface area (Å²) in [4.78, 5) is 24.7. The van der Waals surface area contributed by atoms with Gasteiger partial charge in [0.2, 0.25) is 0 Å². The topological polar surface area (TPSA) is 58.2 Å². The zero-order chi connectivity index (χ0) is 19.8. The van der Waals surface area contributed by atoms with Gasteiger partial charge in [-0.2, -0.15) is 0 Å². The molecule has 1 rings (SSSR count). The van der Waals surface area contributed by atoms with Crippen molar-refractivity contribution in [2.75, 3.05) is 64.0 Å². The molecule has 0 aliphatic heterocycles. The zero-order valence-electron chi connectivity index (χ0n) is 17.3. The molecule has 146 valence electrons. The molecular weight excluding hydrogens is 328 g/mol. The third-order valence-corrected chi connectivity index (χ3v) is 5.53. The number of nitrogens with zero attached hydrogens (tertiary/aromatic N) is 2. The third kappa shape index (κ3) is 6.77. The second-order valence-electron chi connectivity index (χ2n) is 7.50. The molecule has 0 saturated carbocycles. The van der Waals surface area contributed by atoms with Crippen LogP contribution >= 0.6 is 0 Å². The number of anilines is 2. The Morgan fingerprint density at radius 3 is 1.42 bits per heavy atom. The lowest BCUT2D eigenvalue weighted by atomic mass is 10.2. The standard InChI is InChI=1S/C20H34N4O2/c1-7-23(5,8-2)15-19(25)21-17-12-11-13-18(14-17)22-20(26)16-24(6,9-3)10-4/h11-14H,7-10,15-16H2,1-6H3/p+2. The first kappa shape index (κ1) is 22.1. The van der Waals surface area contributed by atoms with Crippen LogP contribution in [0.5, 0.6) is 0 Å². The van der Waals surface area contributed by atoms with E-state index in [2.05, 4.69) is 52.4 Å². The smallest absolute Gasteiger partial charge is 0.279 e. The van der Waals surface area contributed by atoms with Crippen molar-refractivity contribution in [2.24, 2.45) is 0 Å². The largest absolute Gasteiger partial charge is 0.321 e. The van der Waals surface area contributed by atoms with Crippen molar-refractivity contribution in [3.63, 3.8) is 0 Å². The third-order valence-electron chi connectivity index (χ3n) is 5.53. The van der Waals surface area contributed by atoms with Crippen LogP contribution in [-0.2, 0) is 9.59 Å². The average molecular weight is 365 g/mol. The molecule has 0 atom stereocenters. The molecule has 0 radical (unpaired) electrons. The van der Waals surface area contributed by atoms with Crippen LogP contribution < -0.4 is 10.6 Å². The summed E-state index contributed by atoms with van der Waals surface area (Å²) in [6.45, 7) is 12.9. The molecule has 0 bridgehead atoms. The lowest BCUT2D eigenvalue weighted by Gasteiger charge is -2.31. The lowest BCUT2D eigenvalue weighted by molar-refractivity contribution is -0.898. The molecule has 6 nitrogen and oxygen atoms in total. The van der Waals surface area contributed by atoms with Gasteiger partial charge in [-0.3, -0.25) is 9.59 Å². The molecule has 2 N–H and O–H groups in total. The number of hydrogen-bond donors (Lipinski definition) is 2. The van der Waals surface area contributed by atoms with Crippen molar-refractivity contribution in [1.82, 2.24) is 0 Å². The number of hydrogen-bond acceptors (Lipinski definition) is 2. The molecule has 0 aliphatic rings. The maximum absolute atomic E-state index is 12.3. The monoisotopic (exact) mass is 364 g/mol. The molecule has 1 aromatic carbocycles. The zero-order valence-corrected chi connectivity index (χ0v) is 17.3. The van der Waals surface area contributed by atoms with E-state index in [4.69, 9.17) is 0 Å². The van der Waals surface area contributed by atoms with Crippen molar-refractivity contribution in [2.45, 2.75) is 27.7 Å². The van der Waals surface area contributed by atoms with E-state index in [1.165, 1.54) is 0 Å². The number of amides is 2. The predicted molar refractivity (Wildman–Crippen MR) is 108 cm³/mol. The van der Waals surface area contributed by atoms with Gasteiger partial charge in [0.15, 0.2) is 13.1 Å². The van der Waals surface area contributed by atoms with Crippen molar-refractivity contribution in [3.8, 4) is 0 Å². The Morgan fingerprint density at radius 2 is 1.12 bits per heavy atom. The van der Waals surface area contributed by atoms with Crippen LogP contribution in [0.2, 0.25) is 0 Å². The van der Waals surface area contributed by atoms with Crippen LogP contribution in [0.15, 0.2) is 24.3 Å². The van der Waals surface area contributed by atoms with Gasteiger partial charge in [0.05, 0.1) is 40.3 Å². The van der Waals surface area contributed by atoms with E-state index in [1.807, 2.05) is 18.2 Å². The summed E-state index contributed by atoms with van der Waals surface area (Å²) in [6, 6.07) is 7.33. The minimum absolute atomic E-state index is 0.0131. The molecule has 2 amide bonds. The number of nitrogens with one attached hydrogen (secondary N) is 2. The van der Waals surface area contributed by atoms with Gasteiger partial charge < -0.3 is 19.6 Å². The molecule has 6 heteroatoms. The van der Waals surface area contributed by atoms with E-state index >= 15 is 0 Å². The average Bonchev–Trinajstić information content (AvgIpc) is 2.61. The molecule has 1 aromatic rings. The van der Waals surface area contributed by atoms with Crippen LogP contribution in [-0.4, -0.2) is 74.1 Å². The van der Waals surface area contributed by atoms with E-state index in [-0.39, 0.29) is 11.8 Å². The van der Waals surface area contributed by atoms with E-state index in [0.29, 0.717) is 33.4 Å². The number of likely N-dealkylation sites (N-methyl/N-ethyl adjacent to an activating group) is 2. The van der Waals surface area contributed by atoms with Crippen LogP contribution in [0.25, 0.3) is 0 Å². The molecule has 0 unspecified atom stereocenters.